The molecule has 0 bridgehead atoms. The van der Waals surface area contributed by atoms with Crippen LogP contribution < -0.4 is 0 Å². The molecule has 0 spiro atoms. The maximum Gasteiger partial charge on any atom is 0.179 e. The summed E-state index contributed by atoms with van der Waals surface area (Å²) in [6.07, 6.45) is 0. The third-order valence-electron chi connectivity index (χ3n) is 3.94. The van der Waals surface area contributed by atoms with Crippen molar-refractivity contribution >= 4 is 9.84 Å². The maximum atomic E-state index is 12.3. The number of aliphatic hydroxyl groups excluding tert-OH is 1. The quantitative estimate of drug-likeness (QED) is 0.823. The van der Waals surface area contributed by atoms with Crippen LogP contribution in [0.1, 0.15) is 5.56 Å². The van der Waals surface area contributed by atoms with Gasteiger partial charge >= 0.3 is 0 Å². The first-order chi connectivity index (χ1) is 10.0. The van der Waals surface area contributed by atoms with Gasteiger partial charge in [-0.25, -0.2) is 8.42 Å². The van der Waals surface area contributed by atoms with E-state index in [4.69, 9.17) is 5.11 Å². The molecule has 0 amide bonds. The Morgan fingerprint density at radius 3 is 2.05 bits per heavy atom. The van der Waals surface area contributed by atoms with Gasteiger partial charge in [-0.15, -0.1) is 0 Å². The monoisotopic (exact) mass is 312 g/mol. The minimum Gasteiger partial charge on any atom is -0.395 e. The first-order valence-electron chi connectivity index (χ1n) is 7.36. The molecule has 0 radical (unpaired) electrons. The molecule has 0 atom stereocenters. The highest BCUT2D eigenvalue weighted by Gasteiger charge is 2.20. The van der Waals surface area contributed by atoms with Crippen molar-refractivity contribution in [2.75, 3.05) is 51.6 Å². The molecular weight excluding hydrogens is 288 g/mol. The largest absolute Gasteiger partial charge is 0.395 e. The molecule has 5 nitrogen and oxygen atoms in total. The smallest absolute Gasteiger partial charge is 0.179 e. The van der Waals surface area contributed by atoms with Crippen molar-refractivity contribution in [1.29, 1.82) is 0 Å². The molecule has 118 valence electrons. The number of rotatable bonds is 6. The molecule has 0 saturated carbocycles. The number of sulfone groups is 1. The van der Waals surface area contributed by atoms with Crippen LogP contribution in [0.4, 0.5) is 0 Å². The van der Waals surface area contributed by atoms with Crippen molar-refractivity contribution in [3.63, 3.8) is 0 Å². The van der Waals surface area contributed by atoms with Crippen molar-refractivity contribution in [3.8, 4) is 0 Å². The number of benzene rings is 1. The van der Waals surface area contributed by atoms with Crippen LogP contribution >= 0.6 is 0 Å². The summed E-state index contributed by atoms with van der Waals surface area (Å²) in [6, 6.07) is 7.04. The molecule has 0 unspecified atom stereocenters. The van der Waals surface area contributed by atoms with Crippen LogP contribution in [0.3, 0.4) is 0 Å². The Bertz CT molecular complexity index is 535. The van der Waals surface area contributed by atoms with Crippen molar-refractivity contribution in [2.45, 2.75) is 11.8 Å². The van der Waals surface area contributed by atoms with Crippen LogP contribution in [-0.4, -0.2) is 75.0 Å². The van der Waals surface area contributed by atoms with Crippen LogP contribution in [0, 0.1) is 6.92 Å². The molecule has 1 aliphatic rings. The second kappa shape index (κ2) is 7.35. The number of nitrogens with zero attached hydrogens (tertiary/aromatic N) is 2. The fourth-order valence-corrected chi connectivity index (χ4v) is 3.78. The molecule has 6 heteroatoms. The van der Waals surface area contributed by atoms with E-state index in [1.54, 1.807) is 12.1 Å². The Hall–Kier alpha value is -0.950. The lowest BCUT2D eigenvalue weighted by Gasteiger charge is -2.34. The van der Waals surface area contributed by atoms with Gasteiger partial charge in [-0.05, 0) is 19.1 Å². The Morgan fingerprint density at radius 2 is 1.52 bits per heavy atom. The van der Waals surface area contributed by atoms with Crippen LogP contribution in [0.25, 0.3) is 0 Å². The van der Waals surface area contributed by atoms with E-state index >= 15 is 0 Å². The maximum absolute atomic E-state index is 12.3. The third kappa shape index (κ3) is 4.78. The Labute approximate surface area is 127 Å². The molecule has 0 aromatic heterocycles. The van der Waals surface area contributed by atoms with Gasteiger partial charge in [0.05, 0.1) is 17.3 Å². The van der Waals surface area contributed by atoms with Crippen molar-refractivity contribution < 1.29 is 13.5 Å². The number of hydrogen-bond acceptors (Lipinski definition) is 5. The van der Waals surface area contributed by atoms with E-state index in [2.05, 4.69) is 9.80 Å². The summed E-state index contributed by atoms with van der Waals surface area (Å²) in [7, 11) is -3.20. The summed E-state index contributed by atoms with van der Waals surface area (Å²) in [5.41, 5.74) is 1.06. The van der Waals surface area contributed by atoms with Crippen LogP contribution in [0.2, 0.25) is 0 Å². The minimum atomic E-state index is -3.20. The molecule has 1 aromatic carbocycles. The van der Waals surface area contributed by atoms with Gasteiger partial charge < -0.3 is 5.11 Å². The van der Waals surface area contributed by atoms with Crippen LogP contribution in [0.15, 0.2) is 29.2 Å². The average Bonchev–Trinajstić information content (AvgIpc) is 2.47. The molecule has 1 aliphatic heterocycles. The van der Waals surface area contributed by atoms with Gasteiger partial charge in [0.1, 0.15) is 0 Å². The van der Waals surface area contributed by atoms with Crippen molar-refractivity contribution in [3.05, 3.63) is 29.8 Å². The Kier molecular flexibility index (Phi) is 5.75. The number of hydrogen-bond donors (Lipinski definition) is 1. The van der Waals surface area contributed by atoms with Crippen LogP contribution in [-0.2, 0) is 9.84 Å². The van der Waals surface area contributed by atoms with Gasteiger partial charge in [0.15, 0.2) is 9.84 Å². The first kappa shape index (κ1) is 16.4. The highest BCUT2D eigenvalue weighted by atomic mass is 32.2. The second-order valence-corrected chi connectivity index (χ2v) is 7.65. The Balaban J connectivity index is 1.84. The van der Waals surface area contributed by atoms with Gasteiger partial charge in [0.25, 0.3) is 0 Å². The molecule has 1 heterocycles. The summed E-state index contributed by atoms with van der Waals surface area (Å²) in [4.78, 5) is 4.79. The minimum absolute atomic E-state index is 0.163. The predicted octanol–water partition coefficient (Wildman–Crippen LogP) is 0.379. The summed E-state index contributed by atoms with van der Waals surface area (Å²) in [5, 5.41) is 8.91. The van der Waals surface area contributed by atoms with E-state index < -0.39 is 9.84 Å². The van der Waals surface area contributed by atoms with Gasteiger partial charge in [-0.1, -0.05) is 17.7 Å². The number of piperazine rings is 1. The fourth-order valence-electron chi connectivity index (χ4n) is 2.49. The highest BCUT2D eigenvalue weighted by Crippen LogP contribution is 2.13. The lowest BCUT2D eigenvalue weighted by molar-refractivity contribution is 0.116. The third-order valence-corrected chi connectivity index (χ3v) is 5.65. The summed E-state index contributed by atoms with van der Waals surface area (Å²) < 4.78 is 24.6. The molecule has 1 aromatic rings. The Morgan fingerprint density at radius 1 is 1.00 bits per heavy atom. The fraction of sp³-hybridized carbons (Fsp3) is 0.600. The normalized spacial score (nSPS) is 18.0. The van der Waals surface area contributed by atoms with E-state index in [1.165, 1.54) is 0 Å². The molecule has 21 heavy (non-hydrogen) atoms. The molecule has 1 N–H and O–H groups in total. The SMILES string of the molecule is Cc1ccc(S(=O)(=O)CCN2CCN(CCO)CC2)cc1. The lowest BCUT2D eigenvalue weighted by atomic mass is 10.2. The zero-order chi connectivity index (χ0) is 15.3. The van der Waals surface area contributed by atoms with Gasteiger partial charge in [-0.3, -0.25) is 9.80 Å². The van der Waals surface area contributed by atoms with Gasteiger partial charge in [-0.2, -0.15) is 0 Å². The van der Waals surface area contributed by atoms with E-state index in [0.29, 0.717) is 18.0 Å². The van der Waals surface area contributed by atoms with Gasteiger partial charge in [0.2, 0.25) is 0 Å². The van der Waals surface area contributed by atoms with E-state index in [-0.39, 0.29) is 12.4 Å². The highest BCUT2D eigenvalue weighted by molar-refractivity contribution is 7.91. The summed E-state index contributed by atoms with van der Waals surface area (Å²) >= 11 is 0. The van der Waals surface area contributed by atoms with E-state index in [1.807, 2.05) is 19.1 Å². The lowest BCUT2D eigenvalue weighted by Crippen LogP contribution is -2.48. The molecule has 1 fully saturated rings. The molecule has 2 rings (SSSR count). The standard InChI is InChI=1S/C15H24N2O3S/c1-14-2-4-15(5-3-14)21(19,20)13-11-17-8-6-16(7-9-17)10-12-18/h2-5,18H,6-13H2,1H3. The van der Waals surface area contributed by atoms with Crippen molar-refractivity contribution in [1.82, 2.24) is 9.80 Å². The zero-order valence-electron chi connectivity index (χ0n) is 12.5. The first-order valence-corrected chi connectivity index (χ1v) is 9.01. The number of β-amino-alcohol motifs (C(OH)–C–C–N with tert-alkyl or cyclic N) is 1. The molecule has 1 saturated heterocycles. The average molecular weight is 312 g/mol. The van der Waals surface area contributed by atoms with Crippen LogP contribution in [0.5, 0.6) is 0 Å². The van der Waals surface area contributed by atoms with E-state index in [9.17, 15) is 8.42 Å². The predicted molar refractivity (Wildman–Crippen MR) is 83.2 cm³/mol. The molecule has 0 aliphatic carbocycles. The summed E-state index contributed by atoms with van der Waals surface area (Å²) in [6.45, 7) is 6.92. The zero-order valence-corrected chi connectivity index (χ0v) is 13.3. The van der Waals surface area contributed by atoms with E-state index in [0.717, 1.165) is 31.7 Å². The second-order valence-electron chi connectivity index (χ2n) is 5.54. The number of aryl methyl sites for hydroxylation is 1. The van der Waals surface area contributed by atoms with Crippen molar-refractivity contribution in [2.24, 2.45) is 0 Å². The topological polar surface area (TPSA) is 60.9 Å². The molecular formula is C15H24N2O3S. The number of aliphatic hydroxyl groups is 1. The summed E-state index contributed by atoms with van der Waals surface area (Å²) in [5.74, 6) is 0.163. The van der Waals surface area contributed by atoms with Gasteiger partial charge in [0, 0.05) is 39.3 Å².